The lowest BCUT2D eigenvalue weighted by molar-refractivity contribution is -0.133. The molecule has 1 aromatic heterocycles. The highest BCUT2D eigenvalue weighted by Crippen LogP contribution is 2.35. The number of rotatable bonds is 6. The number of hydrogen-bond donors (Lipinski definition) is 1. The minimum absolute atomic E-state index is 0.0654. The summed E-state index contributed by atoms with van der Waals surface area (Å²) in [5.74, 6) is -0.276. The van der Waals surface area contributed by atoms with Crippen LogP contribution in [0, 0.1) is 5.92 Å². The molecular formula is C28H27NO7. The summed E-state index contributed by atoms with van der Waals surface area (Å²) in [5.41, 5.74) is 1.10. The van der Waals surface area contributed by atoms with E-state index in [0.29, 0.717) is 22.8 Å². The fourth-order valence-electron chi connectivity index (χ4n) is 4.34. The van der Waals surface area contributed by atoms with Crippen molar-refractivity contribution in [3.63, 3.8) is 0 Å². The van der Waals surface area contributed by atoms with Gasteiger partial charge >= 0.3 is 11.6 Å². The molecule has 1 N–H and O–H groups in total. The van der Waals surface area contributed by atoms with E-state index in [2.05, 4.69) is 4.98 Å². The number of hydrogen-bond acceptors (Lipinski definition) is 8. The number of esters is 1. The maximum atomic E-state index is 13.6. The molecule has 3 aromatic rings. The average molecular weight is 490 g/mol. The second kappa shape index (κ2) is 10.1. The summed E-state index contributed by atoms with van der Waals surface area (Å²) in [4.78, 5) is 30.9. The molecule has 0 radical (unpaired) electrons. The molecule has 0 spiro atoms. The van der Waals surface area contributed by atoms with Crippen LogP contribution < -0.4 is 15.1 Å². The maximum Gasteiger partial charge on any atom is 0.363 e. The minimum atomic E-state index is -0.925. The van der Waals surface area contributed by atoms with Gasteiger partial charge in [0.2, 0.25) is 0 Å². The van der Waals surface area contributed by atoms with Crippen molar-refractivity contribution in [1.82, 2.24) is 4.98 Å². The van der Waals surface area contributed by atoms with Crippen LogP contribution in [0.1, 0.15) is 38.4 Å². The van der Waals surface area contributed by atoms with Crippen molar-refractivity contribution in [2.24, 2.45) is 5.92 Å². The molecule has 2 aromatic carbocycles. The number of nitrogens with zero attached hydrogens (tertiary/aromatic N) is 1. The highest BCUT2D eigenvalue weighted by Gasteiger charge is 2.30. The van der Waals surface area contributed by atoms with E-state index >= 15 is 0 Å². The van der Waals surface area contributed by atoms with E-state index in [9.17, 15) is 14.7 Å². The average Bonchev–Trinajstić information content (AvgIpc) is 2.86. The molecule has 8 heteroatoms. The number of methoxy groups -OCH3 is 2. The van der Waals surface area contributed by atoms with Crippen LogP contribution in [0.25, 0.3) is 22.4 Å². The number of fused-ring (bicyclic) bond motifs is 1. The van der Waals surface area contributed by atoms with Gasteiger partial charge in [-0.05, 0) is 56.2 Å². The molecule has 1 atom stereocenters. The van der Waals surface area contributed by atoms with Crippen molar-refractivity contribution in [2.45, 2.75) is 27.2 Å². The number of carbonyl (C=O) groups is 1. The van der Waals surface area contributed by atoms with Gasteiger partial charge in [0.25, 0.3) is 0 Å². The smallest absolute Gasteiger partial charge is 0.363 e. The molecule has 0 saturated heterocycles. The first-order valence-electron chi connectivity index (χ1n) is 11.4. The molecule has 186 valence electrons. The predicted molar refractivity (Wildman–Crippen MR) is 136 cm³/mol. The lowest BCUT2D eigenvalue weighted by atomic mass is 9.91. The van der Waals surface area contributed by atoms with Crippen molar-refractivity contribution in [3.8, 4) is 11.5 Å². The third-order valence-electron chi connectivity index (χ3n) is 5.96. The Morgan fingerprint density at radius 3 is 2.50 bits per heavy atom. The fraction of sp³-hybridized carbons (Fsp3) is 0.250. The number of aliphatic hydroxyl groups excluding tert-OH is 1. The second-order valence-corrected chi connectivity index (χ2v) is 8.64. The number of aromatic nitrogens is 1. The van der Waals surface area contributed by atoms with Gasteiger partial charge in [-0.1, -0.05) is 30.7 Å². The first kappa shape index (κ1) is 24.8. The summed E-state index contributed by atoms with van der Waals surface area (Å²) >= 11 is 0. The van der Waals surface area contributed by atoms with Gasteiger partial charge in [0.15, 0.2) is 22.8 Å². The van der Waals surface area contributed by atoms with Gasteiger partial charge in [0, 0.05) is 11.5 Å². The Morgan fingerprint density at radius 2 is 1.81 bits per heavy atom. The topological polar surface area (TPSA) is 108 Å². The molecule has 1 unspecified atom stereocenters. The highest BCUT2D eigenvalue weighted by molar-refractivity contribution is 6.23. The summed E-state index contributed by atoms with van der Waals surface area (Å²) in [6.45, 7) is 5.81. The normalized spacial score (nSPS) is 16.4. The summed E-state index contributed by atoms with van der Waals surface area (Å²) in [6, 6.07) is 11.3. The van der Waals surface area contributed by atoms with E-state index in [0.717, 1.165) is 12.0 Å². The molecule has 1 aliphatic rings. The second-order valence-electron chi connectivity index (χ2n) is 8.64. The zero-order valence-electron chi connectivity index (χ0n) is 20.7. The van der Waals surface area contributed by atoms with Crippen molar-refractivity contribution in [1.29, 1.82) is 0 Å². The van der Waals surface area contributed by atoms with Crippen LogP contribution in [0.2, 0.25) is 0 Å². The molecule has 1 heterocycles. The molecule has 1 aliphatic carbocycles. The SMILES string of the molecule is COc1ccc(/C(O)=C(\C(=O)OC2=C(C)C=C(C)CC2C)c2nc3ccccc3oc2=O)cc1OC. The minimum Gasteiger partial charge on any atom is -0.506 e. The van der Waals surface area contributed by atoms with Crippen LogP contribution in [0.5, 0.6) is 11.5 Å². The highest BCUT2D eigenvalue weighted by atomic mass is 16.5. The molecular weight excluding hydrogens is 462 g/mol. The third-order valence-corrected chi connectivity index (χ3v) is 5.96. The summed E-state index contributed by atoms with van der Waals surface area (Å²) in [5, 5.41) is 11.3. The number of para-hydroxylation sites is 2. The monoisotopic (exact) mass is 489 g/mol. The summed E-state index contributed by atoms with van der Waals surface area (Å²) in [7, 11) is 2.93. The van der Waals surface area contributed by atoms with Gasteiger partial charge in [-0.15, -0.1) is 0 Å². The quantitative estimate of drug-likeness (QED) is 0.277. The van der Waals surface area contributed by atoms with Crippen LogP contribution in [0.3, 0.4) is 0 Å². The van der Waals surface area contributed by atoms with E-state index in [1.165, 1.54) is 31.9 Å². The van der Waals surface area contributed by atoms with Crippen molar-refractivity contribution < 1.29 is 28.5 Å². The van der Waals surface area contributed by atoms with E-state index in [1.807, 2.05) is 26.8 Å². The number of aliphatic hydroxyl groups is 1. The van der Waals surface area contributed by atoms with Crippen LogP contribution in [0.15, 0.2) is 74.7 Å². The predicted octanol–water partition coefficient (Wildman–Crippen LogP) is 5.43. The van der Waals surface area contributed by atoms with Gasteiger partial charge in [0.1, 0.15) is 22.6 Å². The molecule has 0 saturated carbocycles. The van der Waals surface area contributed by atoms with Crippen molar-refractivity contribution >= 4 is 28.4 Å². The zero-order valence-corrected chi connectivity index (χ0v) is 20.7. The van der Waals surface area contributed by atoms with Gasteiger partial charge in [-0.25, -0.2) is 14.6 Å². The molecule has 0 aliphatic heterocycles. The summed E-state index contributed by atoms with van der Waals surface area (Å²) in [6.07, 6.45) is 2.67. The van der Waals surface area contributed by atoms with Crippen LogP contribution in [-0.4, -0.2) is 30.3 Å². The van der Waals surface area contributed by atoms with E-state index in [-0.39, 0.29) is 22.8 Å². The van der Waals surface area contributed by atoms with Crippen LogP contribution in [-0.2, 0) is 9.53 Å². The molecule has 0 amide bonds. The first-order chi connectivity index (χ1) is 17.2. The Balaban J connectivity index is 1.92. The molecule has 36 heavy (non-hydrogen) atoms. The van der Waals surface area contributed by atoms with Crippen molar-refractivity contribution in [2.75, 3.05) is 14.2 Å². The standard InChI is InChI=1S/C28H27NO7/c1-15-12-16(2)26(17(3)13-15)36-27(31)23(24-28(32)35-20-9-7-6-8-19(20)29-24)25(30)18-10-11-21(33-4)22(14-18)34-5/h6-12,14,17,30H,13H2,1-5H3/b25-23+. The zero-order chi connectivity index (χ0) is 26.0. The summed E-state index contributed by atoms with van der Waals surface area (Å²) < 4.78 is 21.8. The van der Waals surface area contributed by atoms with E-state index in [1.54, 1.807) is 30.3 Å². The van der Waals surface area contributed by atoms with Crippen molar-refractivity contribution in [3.05, 3.63) is 87.1 Å². The maximum absolute atomic E-state index is 13.6. The number of carbonyl (C=O) groups excluding carboxylic acids is 1. The lowest BCUT2D eigenvalue weighted by Crippen LogP contribution is -2.20. The molecule has 0 fully saturated rings. The molecule has 0 bridgehead atoms. The van der Waals surface area contributed by atoms with Gasteiger partial charge in [-0.3, -0.25) is 0 Å². The Hall–Kier alpha value is -4.33. The largest absolute Gasteiger partial charge is 0.506 e. The van der Waals surface area contributed by atoms with E-state index < -0.39 is 22.9 Å². The van der Waals surface area contributed by atoms with Gasteiger partial charge < -0.3 is 23.7 Å². The Kier molecular flexibility index (Phi) is 6.96. The van der Waals surface area contributed by atoms with Gasteiger partial charge in [0.05, 0.1) is 14.2 Å². The lowest BCUT2D eigenvalue weighted by Gasteiger charge is -2.23. The fourth-order valence-corrected chi connectivity index (χ4v) is 4.34. The van der Waals surface area contributed by atoms with E-state index in [4.69, 9.17) is 18.6 Å². The Labute approximate surface area is 208 Å². The third kappa shape index (κ3) is 4.75. The van der Waals surface area contributed by atoms with Crippen LogP contribution >= 0.6 is 0 Å². The van der Waals surface area contributed by atoms with Gasteiger partial charge in [-0.2, -0.15) is 0 Å². The number of allylic oxidation sites excluding steroid dienone is 4. The number of ether oxygens (including phenoxy) is 3. The number of benzene rings is 2. The molecule has 4 rings (SSSR count). The Morgan fingerprint density at radius 1 is 1.08 bits per heavy atom. The molecule has 8 nitrogen and oxygen atoms in total. The Bertz CT molecular complexity index is 1490. The first-order valence-corrected chi connectivity index (χ1v) is 11.4. The van der Waals surface area contributed by atoms with Crippen LogP contribution in [0.4, 0.5) is 0 Å².